The van der Waals surface area contributed by atoms with Crippen molar-refractivity contribution in [3.8, 4) is 39.5 Å². The van der Waals surface area contributed by atoms with Crippen LogP contribution in [-0.2, 0) is 11.3 Å². The zero-order valence-electron chi connectivity index (χ0n) is 23.6. The van der Waals surface area contributed by atoms with Crippen LogP contribution in [0.1, 0.15) is 16.1 Å². The molecule has 6 aromatic rings. The summed E-state index contributed by atoms with van der Waals surface area (Å²) in [6.07, 6.45) is 2.34. The molecule has 0 aliphatic carbocycles. The largest absolute Gasteiger partial charge is 0.493 e. The van der Waals surface area contributed by atoms with Crippen LogP contribution in [0.3, 0.4) is 0 Å². The molecule has 0 unspecified atom stereocenters. The standard InChI is InChI=1S/C36H29NO5/c1-40-32-16-23(17-33(41-2)36(32)42-3)20-37-21-30(28-14-12-24-8-4-6-10-26(24)18-28)34(35(37)31(39)22-38)29-15-13-25-9-5-7-11-27(25)19-29/h4-19,21-22H,20H2,1-3H3. The predicted octanol–water partition coefficient (Wildman–Crippen LogP) is 7.58. The molecule has 0 N–H and O–H groups in total. The van der Waals surface area contributed by atoms with E-state index in [1.807, 2.05) is 65.4 Å². The van der Waals surface area contributed by atoms with Crippen LogP contribution in [0.2, 0.25) is 0 Å². The van der Waals surface area contributed by atoms with Gasteiger partial charge in [0.2, 0.25) is 11.5 Å². The summed E-state index contributed by atoms with van der Waals surface area (Å²) in [6, 6.07) is 32.3. The molecule has 208 valence electrons. The third-order valence-electron chi connectivity index (χ3n) is 7.59. The molecule has 0 amide bonds. The Hall–Kier alpha value is -5.36. The van der Waals surface area contributed by atoms with Gasteiger partial charge in [0.25, 0.3) is 0 Å². The minimum atomic E-state index is -0.599. The summed E-state index contributed by atoms with van der Waals surface area (Å²) in [6.45, 7) is 0.291. The van der Waals surface area contributed by atoms with Gasteiger partial charge in [-0.05, 0) is 62.5 Å². The quantitative estimate of drug-likeness (QED) is 0.105. The first-order valence-electron chi connectivity index (χ1n) is 13.5. The van der Waals surface area contributed by atoms with Crippen molar-refractivity contribution in [3.05, 3.63) is 115 Å². The lowest BCUT2D eigenvalue weighted by molar-refractivity contribution is -0.104. The van der Waals surface area contributed by atoms with Gasteiger partial charge in [-0.1, -0.05) is 72.8 Å². The Labute approximate surface area is 243 Å². The van der Waals surface area contributed by atoms with E-state index in [2.05, 4.69) is 42.5 Å². The molecule has 6 rings (SSSR count). The Morgan fingerprint density at radius 3 is 1.79 bits per heavy atom. The molecule has 6 nitrogen and oxygen atoms in total. The molecule has 42 heavy (non-hydrogen) atoms. The SMILES string of the molecule is COc1cc(Cn2cc(-c3ccc4ccccc4c3)c(-c3ccc4ccccc4c3)c2C(=O)C=O)cc(OC)c1OC. The molecular formula is C36H29NO5. The topological polar surface area (TPSA) is 66.8 Å². The number of fused-ring (bicyclic) bond motifs is 2. The summed E-state index contributed by atoms with van der Waals surface area (Å²) >= 11 is 0. The van der Waals surface area contributed by atoms with Crippen molar-refractivity contribution >= 4 is 33.6 Å². The van der Waals surface area contributed by atoms with E-state index in [4.69, 9.17) is 14.2 Å². The molecule has 0 atom stereocenters. The highest BCUT2D eigenvalue weighted by Gasteiger charge is 2.25. The van der Waals surface area contributed by atoms with E-state index in [9.17, 15) is 9.59 Å². The van der Waals surface area contributed by atoms with Gasteiger partial charge < -0.3 is 18.8 Å². The maximum absolute atomic E-state index is 13.4. The van der Waals surface area contributed by atoms with Crippen molar-refractivity contribution in [2.45, 2.75) is 6.54 Å². The summed E-state index contributed by atoms with van der Waals surface area (Å²) in [5.74, 6) is 0.894. The third kappa shape index (κ3) is 4.77. The number of nitrogens with zero attached hydrogens (tertiary/aromatic N) is 1. The minimum absolute atomic E-state index is 0.291. The highest BCUT2D eigenvalue weighted by molar-refractivity contribution is 6.35. The Morgan fingerprint density at radius 1 is 0.690 bits per heavy atom. The number of hydrogen-bond donors (Lipinski definition) is 0. The van der Waals surface area contributed by atoms with Crippen LogP contribution in [-0.4, -0.2) is 38.0 Å². The fourth-order valence-electron chi connectivity index (χ4n) is 5.64. The van der Waals surface area contributed by atoms with Crippen LogP contribution in [0.5, 0.6) is 17.2 Å². The number of ether oxygens (including phenoxy) is 3. The minimum Gasteiger partial charge on any atom is -0.493 e. The molecule has 1 aromatic heterocycles. The van der Waals surface area contributed by atoms with Gasteiger partial charge in [0.15, 0.2) is 17.8 Å². The monoisotopic (exact) mass is 555 g/mol. The number of methoxy groups -OCH3 is 3. The predicted molar refractivity (Wildman–Crippen MR) is 166 cm³/mol. The molecule has 0 aliphatic rings. The Morgan fingerprint density at radius 2 is 1.24 bits per heavy atom. The number of carbonyl (C=O) groups is 2. The molecular weight excluding hydrogens is 526 g/mol. The van der Waals surface area contributed by atoms with Crippen molar-refractivity contribution in [1.82, 2.24) is 4.57 Å². The lowest BCUT2D eigenvalue weighted by Crippen LogP contribution is -2.12. The lowest BCUT2D eigenvalue weighted by Gasteiger charge is -2.15. The van der Waals surface area contributed by atoms with E-state index in [1.165, 1.54) is 0 Å². The van der Waals surface area contributed by atoms with Gasteiger partial charge >= 0.3 is 0 Å². The zero-order valence-corrected chi connectivity index (χ0v) is 23.6. The number of aldehydes is 1. The Balaban J connectivity index is 1.61. The van der Waals surface area contributed by atoms with Crippen LogP contribution in [0.15, 0.2) is 103 Å². The second kappa shape index (κ2) is 11.3. The Bertz CT molecular complexity index is 1940. The van der Waals surface area contributed by atoms with Gasteiger partial charge in [-0.15, -0.1) is 0 Å². The van der Waals surface area contributed by atoms with E-state index in [1.54, 1.807) is 21.3 Å². The maximum atomic E-state index is 13.4. The summed E-state index contributed by atoms with van der Waals surface area (Å²) in [5, 5.41) is 4.34. The third-order valence-corrected chi connectivity index (χ3v) is 7.59. The molecule has 5 aromatic carbocycles. The average molecular weight is 556 g/mol. The van der Waals surface area contributed by atoms with Gasteiger partial charge in [0, 0.05) is 23.9 Å². The van der Waals surface area contributed by atoms with Gasteiger partial charge in [-0.25, -0.2) is 0 Å². The highest BCUT2D eigenvalue weighted by atomic mass is 16.5. The maximum Gasteiger partial charge on any atom is 0.242 e. The number of ketones is 1. The highest BCUT2D eigenvalue weighted by Crippen LogP contribution is 2.41. The number of Topliss-reactive ketones (excluding diaryl/α,β-unsaturated/α-hetero) is 1. The fraction of sp³-hybridized carbons (Fsp3) is 0.111. The number of carbonyl (C=O) groups excluding carboxylic acids is 2. The first-order valence-corrected chi connectivity index (χ1v) is 13.5. The molecule has 0 aliphatic heterocycles. The molecule has 1 heterocycles. The van der Waals surface area contributed by atoms with Crippen LogP contribution in [0.4, 0.5) is 0 Å². The van der Waals surface area contributed by atoms with Crippen LogP contribution in [0.25, 0.3) is 43.8 Å². The summed E-state index contributed by atoms with van der Waals surface area (Å²) in [5.41, 5.74) is 4.49. The van der Waals surface area contributed by atoms with Gasteiger partial charge in [-0.3, -0.25) is 9.59 Å². The number of rotatable bonds is 9. The zero-order chi connectivity index (χ0) is 29.2. The smallest absolute Gasteiger partial charge is 0.242 e. The molecule has 0 bridgehead atoms. The van der Waals surface area contributed by atoms with Crippen molar-refractivity contribution < 1.29 is 23.8 Å². The number of aromatic nitrogens is 1. The van der Waals surface area contributed by atoms with Crippen LogP contribution in [0, 0.1) is 0 Å². The molecule has 0 fully saturated rings. The van der Waals surface area contributed by atoms with Gasteiger partial charge in [-0.2, -0.15) is 0 Å². The average Bonchev–Trinajstić information content (AvgIpc) is 3.42. The van der Waals surface area contributed by atoms with E-state index in [0.717, 1.165) is 43.8 Å². The first kappa shape index (κ1) is 26.8. The van der Waals surface area contributed by atoms with E-state index in [-0.39, 0.29) is 0 Å². The van der Waals surface area contributed by atoms with Crippen LogP contribution < -0.4 is 14.2 Å². The fourth-order valence-corrected chi connectivity index (χ4v) is 5.64. The summed E-state index contributed by atoms with van der Waals surface area (Å²) < 4.78 is 18.5. The number of hydrogen-bond acceptors (Lipinski definition) is 5. The van der Waals surface area contributed by atoms with Gasteiger partial charge in [0.1, 0.15) is 5.69 Å². The summed E-state index contributed by atoms with van der Waals surface area (Å²) in [4.78, 5) is 25.5. The molecule has 0 saturated heterocycles. The van der Waals surface area contributed by atoms with Crippen molar-refractivity contribution in [2.24, 2.45) is 0 Å². The molecule has 0 radical (unpaired) electrons. The van der Waals surface area contributed by atoms with Crippen molar-refractivity contribution in [2.75, 3.05) is 21.3 Å². The summed E-state index contributed by atoms with van der Waals surface area (Å²) in [7, 11) is 4.68. The molecule has 0 saturated carbocycles. The van der Waals surface area contributed by atoms with E-state index in [0.29, 0.717) is 41.3 Å². The second-order valence-corrected chi connectivity index (χ2v) is 10.0. The van der Waals surface area contributed by atoms with Crippen molar-refractivity contribution in [3.63, 3.8) is 0 Å². The van der Waals surface area contributed by atoms with Gasteiger partial charge in [0.05, 0.1) is 21.3 Å². The first-order chi connectivity index (χ1) is 20.5. The Kier molecular flexibility index (Phi) is 7.19. The van der Waals surface area contributed by atoms with E-state index < -0.39 is 5.78 Å². The molecule has 6 heteroatoms. The van der Waals surface area contributed by atoms with E-state index >= 15 is 0 Å². The van der Waals surface area contributed by atoms with Crippen LogP contribution >= 0.6 is 0 Å². The number of benzene rings is 5. The molecule has 0 spiro atoms. The lowest BCUT2D eigenvalue weighted by atomic mass is 9.93. The second-order valence-electron chi connectivity index (χ2n) is 10.0. The van der Waals surface area contributed by atoms with Crippen molar-refractivity contribution in [1.29, 1.82) is 0 Å². The normalized spacial score (nSPS) is 11.0.